The average Bonchev–Trinajstić information content (AvgIpc) is 2.35. The molecule has 0 aliphatic carbocycles. The number of hydrogen-bond acceptors (Lipinski definition) is 7. The SMILES string of the molecule is CC(=O)N[C@H]1C(O)O[C@H](COC(C)=O)[C@H](F)[C@@H]1OC(C)=O. The van der Waals surface area contributed by atoms with Gasteiger partial charge in [-0.1, -0.05) is 0 Å². The van der Waals surface area contributed by atoms with Gasteiger partial charge in [0.1, 0.15) is 18.8 Å². The topological polar surface area (TPSA) is 111 Å². The lowest BCUT2D eigenvalue weighted by molar-refractivity contribution is -0.247. The van der Waals surface area contributed by atoms with Gasteiger partial charge in [-0.25, -0.2) is 4.39 Å². The van der Waals surface area contributed by atoms with Crippen molar-refractivity contribution in [3.8, 4) is 0 Å². The maximum absolute atomic E-state index is 14.3. The maximum atomic E-state index is 14.3. The smallest absolute Gasteiger partial charge is 0.303 e. The molecule has 0 aromatic heterocycles. The number of esters is 2. The summed E-state index contributed by atoms with van der Waals surface area (Å²) in [4.78, 5) is 32.9. The molecule has 0 aromatic rings. The number of rotatable bonds is 4. The van der Waals surface area contributed by atoms with E-state index in [2.05, 4.69) is 10.1 Å². The molecule has 1 unspecified atom stereocenters. The van der Waals surface area contributed by atoms with Crippen LogP contribution in [0.2, 0.25) is 0 Å². The Balaban J connectivity index is 2.87. The third kappa shape index (κ3) is 4.94. The molecule has 120 valence electrons. The summed E-state index contributed by atoms with van der Waals surface area (Å²) >= 11 is 0. The van der Waals surface area contributed by atoms with E-state index in [4.69, 9.17) is 9.47 Å². The molecule has 9 heteroatoms. The molecule has 8 nitrogen and oxygen atoms in total. The number of hydrogen-bond donors (Lipinski definition) is 2. The van der Waals surface area contributed by atoms with Crippen molar-refractivity contribution in [3.63, 3.8) is 0 Å². The number of alkyl halides is 1. The first-order chi connectivity index (χ1) is 9.72. The first-order valence-electron chi connectivity index (χ1n) is 6.27. The first-order valence-corrected chi connectivity index (χ1v) is 6.27. The molecule has 1 aliphatic rings. The molecule has 0 aromatic carbocycles. The van der Waals surface area contributed by atoms with Gasteiger partial charge in [0.05, 0.1) is 0 Å². The van der Waals surface area contributed by atoms with E-state index in [9.17, 15) is 23.9 Å². The molecule has 1 saturated heterocycles. The summed E-state index contributed by atoms with van der Waals surface area (Å²) in [6, 6.07) is -1.25. The lowest BCUT2D eigenvalue weighted by atomic mass is 9.98. The van der Waals surface area contributed by atoms with Gasteiger partial charge in [0.15, 0.2) is 18.6 Å². The fourth-order valence-corrected chi connectivity index (χ4v) is 1.96. The summed E-state index contributed by atoms with van der Waals surface area (Å²) in [6.45, 7) is 2.92. The molecule has 0 bridgehead atoms. The van der Waals surface area contributed by atoms with E-state index in [1.54, 1.807) is 0 Å². The predicted molar refractivity (Wildman–Crippen MR) is 65.6 cm³/mol. The minimum absolute atomic E-state index is 0.446. The minimum atomic E-state index is -1.88. The van der Waals surface area contributed by atoms with Gasteiger partial charge in [0.2, 0.25) is 5.91 Å². The molecule has 1 amide bonds. The van der Waals surface area contributed by atoms with Gasteiger partial charge in [0, 0.05) is 20.8 Å². The Kier molecular flexibility index (Phi) is 6.03. The molecule has 0 spiro atoms. The highest BCUT2D eigenvalue weighted by Gasteiger charge is 2.48. The molecular weight excluding hydrogens is 289 g/mol. The van der Waals surface area contributed by atoms with Crippen molar-refractivity contribution in [2.45, 2.75) is 51.5 Å². The number of aliphatic hydroxyl groups excluding tert-OH is 1. The Morgan fingerprint density at radius 3 is 2.33 bits per heavy atom. The predicted octanol–water partition coefficient (Wildman–Crippen LogP) is -0.959. The summed E-state index contributed by atoms with van der Waals surface area (Å²) in [6.07, 6.45) is -6.24. The number of amides is 1. The van der Waals surface area contributed by atoms with Gasteiger partial charge in [-0.2, -0.15) is 0 Å². The molecule has 5 atom stereocenters. The van der Waals surface area contributed by atoms with Crippen LogP contribution in [0.3, 0.4) is 0 Å². The number of halogens is 1. The van der Waals surface area contributed by atoms with Crippen LogP contribution in [-0.2, 0) is 28.6 Å². The normalized spacial score (nSPS) is 32.1. The largest absolute Gasteiger partial charge is 0.463 e. The standard InChI is InChI=1S/C12H18FNO7/c1-5(15)14-10-11(20-7(3)17)9(13)8(21-12(10)18)4-19-6(2)16/h8-12,18H,4H2,1-3H3,(H,14,15)/t8-,9+,10-,11+,12?/m1/s1. The summed E-state index contributed by atoms with van der Waals surface area (Å²) < 4.78 is 28.8. The summed E-state index contributed by atoms with van der Waals surface area (Å²) in [5, 5.41) is 12.1. The van der Waals surface area contributed by atoms with E-state index < -0.39 is 55.2 Å². The average molecular weight is 307 g/mol. The van der Waals surface area contributed by atoms with Crippen molar-refractivity contribution < 1.29 is 38.1 Å². The molecule has 1 rings (SSSR count). The number of carbonyl (C=O) groups excluding carboxylic acids is 3. The lowest BCUT2D eigenvalue weighted by Crippen LogP contribution is -2.64. The van der Waals surface area contributed by atoms with Crippen LogP contribution >= 0.6 is 0 Å². The molecule has 2 N–H and O–H groups in total. The quantitative estimate of drug-likeness (QED) is 0.643. The number of ether oxygens (including phenoxy) is 3. The van der Waals surface area contributed by atoms with E-state index in [0.717, 1.165) is 20.8 Å². The fraction of sp³-hybridized carbons (Fsp3) is 0.750. The Bertz CT molecular complexity index is 416. The second-order valence-electron chi connectivity index (χ2n) is 4.61. The zero-order chi connectivity index (χ0) is 16.2. The van der Waals surface area contributed by atoms with Crippen LogP contribution in [0.5, 0.6) is 0 Å². The Morgan fingerprint density at radius 1 is 1.24 bits per heavy atom. The van der Waals surface area contributed by atoms with E-state index in [0.29, 0.717) is 0 Å². The minimum Gasteiger partial charge on any atom is -0.463 e. The third-order valence-corrected chi connectivity index (χ3v) is 2.77. The van der Waals surface area contributed by atoms with Crippen molar-refractivity contribution in [1.29, 1.82) is 0 Å². The summed E-state index contributed by atoms with van der Waals surface area (Å²) in [5.74, 6) is -1.97. The van der Waals surface area contributed by atoms with E-state index >= 15 is 0 Å². The zero-order valence-electron chi connectivity index (χ0n) is 11.9. The van der Waals surface area contributed by atoms with Crippen LogP contribution in [0, 0.1) is 0 Å². The van der Waals surface area contributed by atoms with Crippen molar-refractivity contribution in [2.24, 2.45) is 0 Å². The number of carbonyl (C=O) groups is 3. The summed E-state index contributed by atoms with van der Waals surface area (Å²) in [7, 11) is 0. The molecule has 0 radical (unpaired) electrons. The molecule has 1 aliphatic heterocycles. The molecular formula is C12H18FNO7. The monoisotopic (exact) mass is 307 g/mol. The Hall–Kier alpha value is -1.74. The van der Waals surface area contributed by atoms with Gasteiger partial charge >= 0.3 is 11.9 Å². The second kappa shape index (κ2) is 7.32. The highest BCUT2D eigenvalue weighted by atomic mass is 19.1. The molecule has 1 heterocycles. The second-order valence-corrected chi connectivity index (χ2v) is 4.61. The number of aliphatic hydroxyl groups is 1. The van der Waals surface area contributed by atoms with Crippen LogP contribution in [-0.4, -0.2) is 60.3 Å². The van der Waals surface area contributed by atoms with Crippen LogP contribution < -0.4 is 5.32 Å². The van der Waals surface area contributed by atoms with Crippen molar-refractivity contribution >= 4 is 17.8 Å². The lowest BCUT2D eigenvalue weighted by Gasteiger charge is -2.40. The zero-order valence-corrected chi connectivity index (χ0v) is 11.9. The molecule has 0 saturated carbocycles. The van der Waals surface area contributed by atoms with Gasteiger partial charge < -0.3 is 24.6 Å². The Labute approximate surface area is 120 Å². The van der Waals surface area contributed by atoms with Crippen molar-refractivity contribution in [1.82, 2.24) is 5.32 Å². The third-order valence-electron chi connectivity index (χ3n) is 2.77. The van der Waals surface area contributed by atoms with Crippen molar-refractivity contribution in [2.75, 3.05) is 6.61 Å². The van der Waals surface area contributed by atoms with E-state index in [-0.39, 0.29) is 0 Å². The maximum Gasteiger partial charge on any atom is 0.303 e. The highest BCUT2D eigenvalue weighted by Crippen LogP contribution is 2.25. The molecule has 21 heavy (non-hydrogen) atoms. The van der Waals surface area contributed by atoms with Crippen LogP contribution in [0.15, 0.2) is 0 Å². The van der Waals surface area contributed by atoms with Gasteiger partial charge in [-0.05, 0) is 0 Å². The van der Waals surface area contributed by atoms with Gasteiger partial charge in [-0.3, -0.25) is 14.4 Å². The van der Waals surface area contributed by atoms with E-state index in [1.807, 2.05) is 0 Å². The Morgan fingerprint density at radius 2 is 1.86 bits per heavy atom. The molecule has 1 fully saturated rings. The highest BCUT2D eigenvalue weighted by molar-refractivity contribution is 5.73. The van der Waals surface area contributed by atoms with E-state index in [1.165, 1.54) is 0 Å². The fourth-order valence-electron chi connectivity index (χ4n) is 1.96. The van der Waals surface area contributed by atoms with Gasteiger partial charge in [-0.15, -0.1) is 0 Å². The summed E-state index contributed by atoms with van der Waals surface area (Å²) in [5.41, 5.74) is 0. The van der Waals surface area contributed by atoms with Crippen LogP contribution in [0.1, 0.15) is 20.8 Å². The van der Waals surface area contributed by atoms with Crippen LogP contribution in [0.4, 0.5) is 4.39 Å². The number of nitrogens with one attached hydrogen (secondary N) is 1. The van der Waals surface area contributed by atoms with Crippen LogP contribution in [0.25, 0.3) is 0 Å². The van der Waals surface area contributed by atoms with Crippen molar-refractivity contribution in [3.05, 3.63) is 0 Å². The first kappa shape index (κ1) is 17.3. The van der Waals surface area contributed by atoms with Gasteiger partial charge in [0.25, 0.3) is 0 Å².